The van der Waals surface area contributed by atoms with Crippen molar-refractivity contribution in [3.63, 3.8) is 0 Å². The summed E-state index contributed by atoms with van der Waals surface area (Å²) in [5.41, 5.74) is 4.22. The lowest BCUT2D eigenvalue weighted by molar-refractivity contribution is -0.137. The van der Waals surface area contributed by atoms with Crippen LogP contribution < -0.4 is 4.90 Å². The van der Waals surface area contributed by atoms with Crippen LogP contribution in [0.4, 0.5) is 5.69 Å². The fourth-order valence-electron chi connectivity index (χ4n) is 4.81. The van der Waals surface area contributed by atoms with E-state index in [4.69, 9.17) is 21.1 Å². The molecule has 2 amide bonds. The summed E-state index contributed by atoms with van der Waals surface area (Å²) in [6, 6.07) is 10.8. The van der Waals surface area contributed by atoms with Gasteiger partial charge in [0.25, 0.3) is 0 Å². The zero-order chi connectivity index (χ0) is 22.2. The summed E-state index contributed by atoms with van der Waals surface area (Å²) in [7, 11) is 1.96. The monoisotopic (exact) mass is 452 g/mol. The van der Waals surface area contributed by atoms with Gasteiger partial charge in [0.2, 0.25) is 11.8 Å². The highest BCUT2D eigenvalue weighted by Gasteiger charge is 2.38. The number of aromatic nitrogens is 2. The number of fused-ring (bicyclic) bond motifs is 1. The molecule has 1 fully saturated rings. The molecule has 0 bridgehead atoms. The van der Waals surface area contributed by atoms with Crippen LogP contribution in [0, 0.1) is 5.92 Å². The molecule has 0 saturated carbocycles. The van der Waals surface area contributed by atoms with Gasteiger partial charge in [0.05, 0.1) is 31.0 Å². The lowest BCUT2D eigenvalue weighted by Crippen LogP contribution is -2.37. The van der Waals surface area contributed by atoms with Crippen molar-refractivity contribution in [2.75, 3.05) is 11.4 Å². The molecule has 166 valence electrons. The number of halogens is 1. The molecule has 0 spiro atoms. The minimum absolute atomic E-state index is 0.0522. The number of benzene rings is 1. The fourth-order valence-corrected chi connectivity index (χ4v) is 4.94. The minimum atomic E-state index is -0.412. The highest BCUT2D eigenvalue weighted by Crippen LogP contribution is 2.30. The molecular weight excluding hydrogens is 428 g/mol. The van der Waals surface area contributed by atoms with Crippen LogP contribution in [-0.2, 0) is 42.6 Å². The summed E-state index contributed by atoms with van der Waals surface area (Å²) in [4.78, 5) is 29.8. The maximum Gasteiger partial charge on any atom is 0.228 e. The number of hydrogen-bond acceptors (Lipinski definition) is 4. The molecule has 5 rings (SSSR count). The first-order chi connectivity index (χ1) is 15.5. The highest BCUT2D eigenvalue weighted by molar-refractivity contribution is 6.30. The van der Waals surface area contributed by atoms with Gasteiger partial charge in [-0.3, -0.25) is 14.3 Å². The van der Waals surface area contributed by atoms with Gasteiger partial charge in [-0.05, 0) is 61.2 Å². The molecule has 0 N–H and O–H groups in total. The van der Waals surface area contributed by atoms with Crippen molar-refractivity contribution in [1.29, 1.82) is 0 Å². The van der Waals surface area contributed by atoms with Crippen molar-refractivity contribution in [2.45, 2.75) is 38.8 Å². The lowest BCUT2D eigenvalue weighted by atomic mass is 10.1. The number of carbonyl (C=O) groups excluding carboxylic acids is 2. The second-order valence-corrected chi connectivity index (χ2v) is 8.94. The summed E-state index contributed by atoms with van der Waals surface area (Å²) in [5.74, 6) is 0.195. The van der Waals surface area contributed by atoms with E-state index in [1.807, 2.05) is 36.0 Å². The van der Waals surface area contributed by atoms with E-state index in [0.717, 1.165) is 30.6 Å². The predicted octanol–water partition coefficient (Wildman–Crippen LogP) is 3.74. The van der Waals surface area contributed by atoms with E-state index in [1.54, 1.807) is 28.2 Å². The molecule has 0 radical (unpaired) electrons. The van der Waals surface area contributed by atoms with E-state index in [0.29, 0.717) is 30.4 Å². The van der Waals surface area contributed by atoms with Crippen LogP contribution in [0.1, 0.15) is 35.6 Å². The molecule has 2 aliphatic rings. The Morgan fingerprint density at radius 3 is 2.78 bits per heavy atom. The third-order valence-corrected chi connectivity index (χ3v) is 6.64. The number of carbonyl (C=O) groups is 2. The predicted molar refractivity (Wildman–Crippen MR) is 120 cm³/mol. The summed E-state index contributed by atoms with van der Waals surface area (Å²) in [6.07, 6.45) is 4.94. The van der Waals surface area contributed by atoms with Crippen LogP contribution in [-0.4, -0.2) is 33.0 Å². The van der Waals surface area contributed by atoms with Crippen molar-refractivity contribution in [2.24, 2.45) is 13.0 Å². The van der Waals surface area contributed by atoms with Gasteiger partial charge >= 0.3 is 0 Å². The maximum atomic E-state index is 13.6. The zero-order valence-electron chi connectivity index (χ0n) is 18.0. The molecule has 1 saturated heterocycles. The van der Waals surface area contributed by atoms with Gasteiger partial charge in [-0.2, -0.15) is 5.10 Å². The van der Waals surface area contributed by atoms with Gasteiger partial charge in [0.1, 0.15) is 5.76 Å². The van der Waals surface area contributed by atoms with Crippen LogP contribution in [0.25, 0.3) is 0 Å². The van der Waals surface area contributed by atoms with E-state index >= 15 is 0 Å². The van der Waals surface area contributed by atoms with Crippen molar-refractivity contribution in [3.05, 3.63) is 70.4 Å². The Hall–Kier alpha value is -3.06. The first-order valence-corrected chi connectivity index (χ1v) is 11.3. The fraction of sp³-hybridized carbons (Fsp3) is 0.375. The second kappa shape index (κ2) is 8.47. The Morgan fingerprint density at radius 1 is 1.22 bits per heavy atom. The number of hydrogen-bond donors (Lipinski definition) is 0. The summed E-state index contributed by atoms with van der Waals surface area (Å²) in [5, 5.41) is 5.31. The third kappa shape index (κ3) is 3.93. The first kappa shape index (κ1) is 20.8. The van der Waals surface area contributed by atoms with Crippen molar-refractivity contribution < 1.29 is 14.0 Å². The first-order valence-electron chi connectivity index (χ1n) is 10.9. The Labute approximate surface area is 191 Å². The van der Waals surface area contributed by atoms with Crippen molar-refractivity contribution >= 4 is 29.1 Å². The normalized spacial score (nSPS) is 17.8. The van der Waals surface area contributed by atoms with E-state index < -0.39 is 5.92 Å². The third-order valence-electron chi connectivity index (χ3n) is 6.39. The molecule has 3 heterocycles. The smallest absolute Gasteiger partial charge is 0.228 e. The number of rotatable bonds is 6. The van der Waals surface area contributed by atoms with Crippen LogP contribution in [0.3, 0.4) is 0 Å². The number of furan rings is 1. The van der Waals surface area contributed by atoms with Crippen LogP contribution in [0.2, 0.25) is 5.02 Å². The Balaban J connectivity index is 1.38. The van der Waals surface area contributed by atoms with Gasteiger partial charge < -0.3 is 14.2 Å². The maximum absolute atomic E-state index is 13.6. The molecule has 1 unspecified atom stereocenters. The summed E-state index contributed by atoms with van der Waals surface area (Å²) in [6.45, 7) is 1.12. The average molecular weight is 453 g/mol. The topological polar surface area (TPSA) is 71.6 Å². The molecule has 1 aliphatic carbocycles. The number of nitrogens with zero attached hydrogens (tertiary/aromatic N) is 4. The standard InChI is InChI=1S/C24H25ClN4O3/c1-27-22-6-2-5-20(22)21(26-27)15-28(14-19-4-3-11-32-19)24(31)16-12-23(30)29(13-16)18-9-7-17(25)8-10-18/h3-4,7-11,16H,2,5-6,12-15H2,1H3. The Kier molecular flexibility index (Phi) is 5.51. The van der Waals surface area contributed by atoms with Gasteiger partial charge in [-0.15, -0.1) is 0 Å². The molecule has 2 aromatic heterocycles. The van der Waals surface area contributed by atoms with E-state index in [9.17, 15) is 9.59 Å². The molecule has 8 heteroatoms. The van der Waals surface area contributed by atoms with Crippen molar-refractivity contribution in [3.8, 4) is 0 Å². The van der Waals surface area contributed by atoms with Crippen LogP contribution >= 0.6 is 11.6 Å². The molecule has 1 atom stereocenters. The van der Waals surface area contributed by atoms with E-state index in [1.165, 1.54) is 11.3 Å². The average Bonchev–Trinajstić information content (AvgIpc) is 3.56. The van der Waals surface area contributed by atoms with Gasteiger partial charge in [0, 0.05) is 36.4 Å². The van der Waals surface area contributed by atoms with Crippen LogP contribution in [0.5, 0.6) is 0 Å². The van der Waals surface area contributed by atoms with E-state index in [-0.39, 0.29) is 18.2 Å². The molecule has 7 nitrogen and oxygen atoms in total. The van der Waals surface area contributed by atoms with E-state index in [2.05, 4.69) is 0 Å². The second-order valence-electron chi connectivity index (χ2n) is 8.50. The van der Waals surface area contributed by atoms with Crippen LogP contribution in [0.15, 0.2) is 47.1 Å². The number of amides is 2. The molecule has 1 aromatic carbocycles. The Morgan fingerprint density at radius 2 is 2.03 bits per heavy atom. The Bertz CT molecular complexity index is 1140. The summed E-state index contributed by atoms with van der Waals surface area (Å²) < 4.78 is 7.46. The highest BCUT2D eigenvalue weighted by atomic mass is 35.5. The molecular formula is C24H25ClN4O3. The zero-order valence-corrected chi connectivity index (χ0v) is 18.7. The number of aryl methyl sites for hydroxylation is 1. The van der Waals surface area contributed by atoms with Gasteiger partial charge in [-0.25, -0.2) is 0 Å². The summed E-state index contributed by atoms with van der Waals surface area (Å²) >= 11 is 5.98. The van der Waals surface area contributed by atoms with Gasteiger partial charge in [0.15, 0.2) is 0 Å². The quantitative estimate of drug-likeness (QED) is 0.571. The lowest BCUT2D eigenvalue weighted by Gasteiger charge is -2.24. The largest absolute Gasteiger partial charge is 0.467 e. The molecule has 1 aliphatic heterocycles. The van der Waals surface area contributed by atoms with Crippen molar-refractivity contribution in [1.82, 2.24) is 14.7 Å². The van der Waals surface area contributed by atoms with Gasteiger partial charge in [-0.1, -0.05) is 11.6 Å². The molecule has 3 aromatic rings. The number of anilines is 1. The minimum Gasteiger partial charge on any atom is -0.467 e. The SMILES string of the molecule is Cn1nc(CN(Cc2ccco2)C(=O)C2CC(=O)N(c3ccc(Cl)cc3)C2)c2c1CCC2. The molecule has 32 heavy (non-hydrogen) atoms.